The van der Waals surface area contributed by atoms with Gasteiger partial charge in [-0.25, -0.2) is 0 Å². The van der Waals surface area contributed by atoms with Crippen LogP contribution in [0.5, 0.6) is 0 Å². The molecule has 2 aliphatic heterocycles. The van der Waals surface area contributed by atoms with Crippen molar-refractivity contribution in [2.45, 2.75) is 58.5 Å². The average Bonchev–Trinajstić information content (AvgIpc) is 2.90. The van der Waals surface area contributed by atoms with Crippen LogP contribution in [-0.4, -0.2) is 40.9 Å². The van der Waals surface area contributed by atoms with Crippen molar-refractivity contribution < 1.29 is 4.79 Å². The zero-order valence-electron chi connectivity index (χ0n) is 14.8. The van der Waals surface area contributed by atoms with E-state index in [0.29, 0.717) is 11.4 Å². The number of hydrogen-bond donors (Lipinski definition) is 0. The van der Waals surface area contributed by atoms with Crippen molar-refractivity contribution in [2.75, 3.05) is 19.6 Å². The largest absolute Gasteiger partial charge is 0.342 e. The maximum absolute atomic E-state index is 12.5. The van der Waals surface area contributed by atoms with Crippen molar-refractivity contribution in [1.29, 1.82) is 0 Å². The fraction of sp³-hybridized carbons (Fsp3) is 0.650. The third kappa shape index (κ3) is 3.45. The Morgan fingerprint density at radius 1 is 1.04 bits per heavy atom. The van der Waals surface area contributed by atoms with Gasteiger partial charge in [0.25, 0.3) is 0 Å². The van der Waals surface area contributed by atoms with Crippen LogP contribution < -0.4 is 0 Å². The molecule has 23 heavy (non-hydrogen) atoms. The van der Waals surface area contributed by atoms with Gasteiger partial charge >= 0.3 is 0 Å². The SMILES string of the molecule is CC(C)(C)C(=O)N1CCC2(CCCN2Cc2ccccc2)CC1. The van der Waals surface area contributed by atoms with Crippen LogP contribution in [0.1, 0.15) is 52.0 Å². The summed E-state index contributed by atoms with van der Waals surface area (Å²) in [6.07, 6.45) is 4.83. The number of likely N-dealkylation sites (tertiary alicyclic amines) is 2. The van der Waals surface area contributed by atoms with Crippen molar-refractivity contribution in [3.05, 3.63) is 35.9 Å². The summed E-state index contributed by atoms with van der Waals surface area (Å²) in [5, 5.41) is 0. The number of nitrogens with zero attached hydrogens (tertiary/aromatic N) is 2. The summed E-state index contributed by atoms with van der Waals surface area (Å²) in [6.45, 7) is 10.2. The van der Waals surface area contributed by atoms with Crippen LogP contribution in [0.15, 0.2) is 30.3 Å². The monoisotopic (exact) mass is 314 g/mol. The lowest BCUT2D eigenvalue weighted by molar-refractivity contribution is -0.142. The highest BCUT2D eigenvalue weighted by Gasteiger charge is 2.44. The van der Waals surface area contributed by atoms with Gasteiger partial charge in [-0.05, 0) is 37.8 Å². The molecule has 1 aromatic rings. The number of carbonyl (C=O) groups is 1. The van der Waals surface area contributed by atoms with Crippen LogP contribution in [0.2, 0.25) is 0 Å². The lowest BCUT2D eigenvalue weighted by atomic mass is 9.83. The van der Waals surface area contributed by atoms with Gasteiger partial charge in [0.1, 0.15) is 0 Å². The van der Waals surface area contributed by atoms with Gasteiger partial charge < -0.3 is 4.90 Å². The molecule has 0 atom stereocenters. The Morgan fingerprint density at radius 2 is 1.70 bits per heavy atom. The second-order valence-electron chi connectivity index (χ2n) is 8.28. The number of piperidine rings is 1. The van der Waals surface area contributed by atoms with E-state index in [2.05, 4.69) is 40.1 Å². The molecule has 2 aliphatic rings. The molecule has 0 bridgehead atoms. The van der Waals surface area contributed by atoms with E-state index in [1.807, 2.05) is 20.8 Å². The molecule has 1 amide bonds. The minimum absolute atomic E-state index is 0.260. The molecule has 0 saturated carbocycles. The Balaban J connectivity index is 1.65. The molecule has 2 saturated heterocycles. The molecule has 3 rings (SSSR count). The molecule has 0 unspecified atom stereocenters. The molecule has 0 aromatic heterocycles. The maximum atomic E-state index is 12.5. The van der Waals surface area contributed by atoms with E-state index in [4.69, 9.17) is 0 Å². The summed E-state index contributed by atoms with van der Waals surface area (Å²) in [6, 6.07) is 10.8. The van der Waals surface area contributed by atoms with Gasteiger partial charge in [0, 0.05) is 30.6 Å². The van der Waals surface area contributed by atoms with Crippen LogP contribution in [0, 0.1) is 5.41 Å². The van der Waals surface area contributed by atoms with Crippen molar-refractivity contribution in [1.82, 2.24) is 9.80 Å². The average molecular weight is 314 g/mol. The summed E-state index contributed by atoms with van der Waals surface area (Å²) in [4.78, 5) is 17.3. The van der Waals surface area contributed by atoms with E-state index < -0.39 is 0 Å². The van der Waals surface area contributed by atoms with E-state index in [0.717, 1.165) is 32.5 Å². The normalized spacial score (nSPS) is 21.8. The van der Waals surface area contributed by atoms with Gasteiger partial charge in [-0.15, -0.1) is 0 Å². The highest BCUT2D eigenvalue weighted by molar-refractivity contribution is 5.81. The summed E-state index contributed by atoms with van der Waals surface area (Å²) in [5.41, 5.74) is 1.47. The first-order chi connectivity index (χ1) is 10.9. The van der Waals surface area contributed by atoms with Crippen LogP contribution in [-0.2, 0) is 11.3 Å². The lowest BCUT2D eigenvalue weighted by Gasteiger charge is -2.46. The van der Waals surface area contributed by atoms with E-state index in [1.165, 1.54) is 24.9 Å². The Bertz CT molecular complexity index is 539. The Morgan fingerprint density at radius 3 is 2.30 bits per heavy atom. The zero-order chi connectivity index (χ0) is 16.5. The highest BCUT2D eigenvalue weighted by Crippen LogP contribution is 2.40. The third-order valence-electron chi connectivity index (χ3n) is 5.58. The first kappa shape index (κ1) is 16.5. The number of rotatable bonds is 2. The Hall–Kier alpha value is -1.35. The third-order valence-corrected chi connectivity index (χ3v) is 5.58. The first-order valence-corrected chi connectivity index (χ1v) is 8.99. The smallest absolute Gasteiger partial charge is 0.227 e. The highest BCUT2D eigenvalue weighted by atomic mass is 16.2. The van der Waals surface area contributed by atoms with E-state index in [-0.39, 0.29) is 5.41 Å². The second-order valence-corrected chi connectivity index (χ2v) is 8.28. The quantitative estimate of drug-likeness (QED) is 0.831. The van der Waals surface area contributed by atoms with Crippen LogP contribution in [0.3, 0.4) is 0 Å². The molecular weight excluding hydrogens is 284 g/mol. The van der Waals surface area contributed by atoms with E-state index in [9.17, 15) is 4.79 Å². The van der Waals surface area contributed by atoms with Crippen LogP contribution in [0.25, 0.3) is 0 Å². The van der Waals surface area contributed by atoms with E-state index in [1.54, 1.807) is 0 Å². The van der Waals surface area contributed by atoms with Crippen LogP contribution in [0.4, 0.5) is 0 Å². The molecule has 0 N–H and O–H groups in total. The molecule has 0 radical (unpaired) electrons. The maximum Gasteiger partial charge on any atom is 0.227 e. The van der Waals surface area contributed by atoms with Gasteiger partial charge in [-0.3, -0.25) is 9.69 Å². The minimum atomic E-state index is -0.260. The summed E-state index contributed by atoms with van der Waals surface area (Å²) >= 11 is 0. The Labute approximate surface area is 140 Å². The molecule has 1 aromatic carbocycles. The lowest BCUT2D eigenvalue weighted by Crippen LogP contribution is -2.54. The summed E-state index contributed by atoms with van der Waals surface area (Å²) in [7, 11) is 0. The zero-order valence-corrected chi connectivity index (χ0v) is 14.8. The number of benzene rings is 1. The molecule has 3 heteroatoms. The number of hydrogen-bond acceptors (Lipinski definition) is 2. The summed E-state index contributed by atoms with van der Waals surface area (Å²) < 4.78 is 0. The van der Waals surface area contributed by atoms with Gasteiger partial charge in [0.15, 0.2) is 0 Å². The van der Waals surface area contributed by atoms with Gasteiger partial charge in [0.05, 0.1) is 0 Å². The Kier molecular flexibility index (Phi) is 4.50. The molecular formula is C20H30N2O. The van der Waals surface area contributed by atoms with Crippen molar-refractivity contribution in [3.8, 4) is 0 Å². The predicted octanol–water partition coefficient (Wildman–Crippen LogP) is 3.69. The van der Waals surface area contributed by atoms with E-state index >= 15 is 0 Å². The topological polar surface area (TPSA) is 23.6 Å². The molecule has 2 heterocycles. The fourth-order valence-electron chi connectivity index (χ4n) is 4.21. The molecule has 2 fully saturated rings. The fourth-order valence-corrected chi connectivity index (χ4v) is 4.21. The standard InChI is InChI=1S/C20H30N2O/c1-19(2,3)18(23)21-14-11-20(12-15-21)10-7-13-22(20)16-17-8-5-4-6-9-17/h4-6,8-9H,7,10-16H2,1-3H3. The number of carbonyl (C=O) groups excluding carboxylic acids is 1. The predicted molar refractivity (Wildman–Crippen MR) is 94.1 cm³/mol. The van der Waals surface area contributed by atoms with Crippen LogP contribution >= 0.6 is 0 Å². The van der Waals surface area contributed by atoms with Crippen molar-refractivity contribution in [2.24, 2.45) is 5.41 Å². The minimum Gasteiger partial charge on any atom is -0.342 e. The first-order valence-electron chi connectivity index (χ1n) is 8.99. The molecule has 3 nitrogen and oxygen atoms in total. The molecule has 1 spiro atoms. The molecule has 126 valence electrons. The molecule has 0 aliphatic carbocycles. The van der Waals surface area contributed by atoms with Crippen molar-refractivity contribution in [3.63, 3.8) is 0 Å². The van der Waals surface area contributed by atoms with Crippen molar-refractivity contribution >= 4 is 5.91 Å². The number of amides is 1. The summed E-state index contributed by atoms with van der Waals surface area (Å²) in [5.74, 6) is 0.306. The van der Waals surface area contributed by atoms with Gasteiger partial charge in [-0.1, -0.05) is 51.1 Å². The van der Waals surface area contributed by atoms with Gasteiger partial charge in [-0.2, -0.15) is 0 Å². The second kappa shape index (κ2) is 6.27. The van der Waals surface area contributed by atoms with Gasteiger partial charge in [0.2, 0.25) is 5.91 Å².